The Balaban J connectivity index is 1.77. The van der Waals surface area contributed by atoms with Gasteiger partial charge in [-0.05, 0) is 82.1 Å². The van der Waals surface area contributed by atoms with E-state index in [-0.39, 0.29) is 16.5 Å². The van der Waals surface area contributed by atoms with Crippen LogP contribution in [0.5, 0.6) is 11.6 Å². The van der Waals surface area contributed by atoms with Crippen molar-refractivity contribution in [2.75, 3.05) is 0 Å². The number of carbonyl (C=O) groups is 1. The number of benzene rings is 1. The number of carbonyl (C=O) groups excluding carboxylic acids is 1. The highest BCUT2D eigenvalue weighted by Crippen LogP contribution is 2.32. The van der Waals surface area contributed by atoms with E-state index >= 15 is 0 Å². The van der Waals surface area contributed by atoms with Crippen molar-refractivity contribution in [2.24, 2.45) is 0 Å². The Morgan fingerprint density at radius 1 is 0.861 bits per heavy atom. The summed E-state index contributed by atoms with van der Waals surface area (Å²) in [5.74, 6) is -0.352. The normalized spacial score (nSPS) is 11.2. The molecule has 0 bridgehead atoms. The third-order valence-corrected chi connectivity index (χ3v) is 6.71. The Kier molecular flexibility index (Phi) is 6.85. The number of rotatable bonds is 6. The minimum atomic E-state index is -4.21. The maximum atomic E-state index is 13.2. The summed E-state index contributed by atoms with van der Waals surface area (Å²) in [4.78, 5) is 26.1. The fourth-order valence-electron chi connectivity index (χ4n) is 3.79. The van der Waals surface area contributed by atoms with Gasteiger partial charge < -0.3 is 4.74 Å². The average molecular weight is 503 g/mol. The van der Waals surface area contributed by atoms with E-state index in [2.05, 4.69) is 19.7 Å². The van der Waals surface area contributed by atoms with Crippen molar-refractivity contribution in [3.05, 3.63) is 94.4 Å². The first-order valence-corrected chi connectivity index (χ1v) is 12.7. The first-order valence-electron chi connectivity index (χ1n) is 11.2. The molecule has 3 heterocycles. The van der Waals surface area contributed by atoms with Gasteiger partial charge in [-0.2, -0.15) is 8.42 Å². The highest BCUT2D eigenvalue weighted by molar-refractivity contribution is 7.90. The number of hydrogen-bond donors (Lipinski definition) is 1. The highest BCUT2D eigenvalue weighted by atomic mass is 32.2. The van der Waals surface area contributed by atoms with Gasteiger partial charge in [0.05, 0.1) is 5.69 Å². The van der Waals surface area contributed by atoms with E-state index in [9.17, 15) is 13.2 Å². The summed E-state index contributed by atoms with van der Waals surface area (Å²) in [6.07, 6.45) is 1.68. The van der Waals surface area contributed by atoms with Crippen LogP contribution in [-0.2, 0) is 10.0 Å². The molecular weight excluding hydrogens is 476 g/mol. The fourth-order valence-corrected chi connectivity index (χ4v) is 4.77. The Morgan fingerprint density at radius 3 is 2.22 bits per heavy atom. The van der Waals surface area contributed by atoms with Gasteiger partial charge in [0.25, 0.3) is 15.9 Å². The molecule has 4 aromatic rings. The lowest BCUT2D eigenvalue weighted by Gasteiger charge is -2.16. The number of ether oxygens (including phenoxy) is 1. The molecule has 1 amide bonds. The van der Waals surface area contributed by atoms with Crippen LogP contribution in [0.2, 0.25) is 0 Å². The van der Waals surface area contributed by atoms with Crippen LogP contribution >= 0.6 is 0 Å². The molecule has 0 saturated heterocycles. The van der Waals surface area contributed by atoms with Crippen LogP contribution in [0.4, 0.5) is 0 Å². The van der Waals surface area contributed by atoms with E-state index in [4.69, 9.17) is 4.74 Å². The second-order valence-corrected chi connectivity index (χ2v) is 10.2. The second kappa shape index (κ2) is 9.87. The summed E-state index contributed by atoms with van der Waals surface area (Å²) in [5, 5.41) is -0.251. The second-order valence-electron chi connectivity index (χ2n) is 8.62. The molecule has 0 fully saturated rings. The molecule has 0 aliphatic carbocycles. The van der Waals surface area contributed by atoms with Crippen molar-refractivity contribution in [1.82, 2.24) is 19.7 Å². The van der Waals surface area contributed by atoms with E-state index in [0.29, 0.717) is 17.1 Å². The monoisotopic (exact) mass is 502 g/mol. The molecule has 0 radical (unpaired) electrons. The number of nitrogens with one attached hydrogen (secondary N) is 1. The van der Waals surface area contributed by atoms with Crippen molar-refractivity contribution < 1.29 is 17.9 Å². The van der Waals surface area contributed by atoms with Gasteiger partial charge in [-0.15, -0.1) is 0 Å². The Labute approximate surface area is 210 Å². The third-order valence-electron chi connectivity index (χ3n) is 5.48. The van der Waals surface area contributed by atoms with Gasteiger partial charge in [0.2, 0.25) is 5.88 Å². The molecule has 0 unspecified atom stereocenters. The summed E-state index contributed by atoms with van der Waals surface area (Å²) in [6, 6.07) is 15.3. The van der Waals surface area contributed by atoms with Gasteiger partial charge in [0.1, 0.15) is 11.3 Å². The molecule has 8 nitrogen and oxygen atoms in total. The van der Waals surface area contributed by atoms with Crippen molar-refractivity contribution in [3.63, 3.8) is 0 Å². The first kappa shape index (κ1) is 25.0. The molecule has 0 spiro atoms. The molecule has 1 N–H and O–H groups in total. The highest BCUT2D eigenvalue weighted by Gasteiger charge is 2.24. The summed E-state index contributed by atoms with van der Waals surface area (Å²) in [5.41, 5.74) is 5.38. The zero-order valence-electron chi connectivity index (χ0n) is 20.7. The van der Waals surface area contributed by atoms with E-state index in [1.165, 1.54) is 12.1 Å². The van der Waals surface area contributed by atoms with Gasteiger partial charge in [-0.3, -0.25) is 9.78 Å². The molecule has 3 aromatic heterocycles. The van der Waals surface area contributed by atoms with Gasteiger partial charge in [0, 0.05) is 23.1 Å². The molecule has 184 valence electrons. The fraction of sp³-hybridized carbons (Fsp3) is 0.185. The SMILES string of the molecule is Cc1cc(C)c(Oc2nc(-c3ccc(C)nc3)ccc2C(=O)NS(=O)(=O)c2cccc(C)n2)c(C)c1. The van der Waals surface area contributed by atoms with E-state index in [1.807, 2.05) is 52.0 Å². The average Bonchev–Trinajstić information content (AvgIpc) is 2.81. The smallest absolute Gasteiger partial charge is 0.281 e. The molecular formula is C27H26N4O4S. The summed E-state index contributed by atoms with van der Waals surface area (Å²) in [7, 11) is -4.21. The van der Waals surface area contributed by atoms with Gasteiger partial charge in [-0.25, -0.2) is 14.7 Å². The Morgan fingerprint density at radius 2 is 1.58 bits per heavy atom. The molecule has 0 atom stereocenters. The van der Waals surface area contributed by atoms with Crippen molar-refractivity contribution in [2.45, 2.75) is 39.6 Å². The topological polar surface area (TPSA) is 111 Å². The largest absolute Gasteiger partial charge is 0.438 e. The molecule has 4 rings (SSSR count). The van der Waals surface area contributed by atoms with Gasteiger partial charge >= 0.3 is 0 Å². The number of sulfonamides is 1. The lowest BCUT2D eigenvalue weighted by molar-refractivity contribution is 0.0978. The maximum Gasteiger partial charge on any atom is 0.281 e. The number of hydrogen-bond acceptors (Lipinski definition) is 7. The predicted octanol–water partition coefficient (Wildman–Crippen LogP) is 4.99. The molecule has 0 aliphatic rings. The van der Waals surface area contributed by atoms with Gasteiger partial charge in [0.15, 0.2) is 5.03 Å². The van der Waals surface area contributed by atoms with Crippen LogP contribution in [0, 0.1) is 34.6 Å². The zero-order valence-corrected chi connectivity index (χ0v) is 21.5. The Hall–Kier alpha value is -4.11. The van der Waals surface area contributed by atoms with Crippen LogP contribution in [0.25, 0.3) is 11.3 Å². The number of aryl methyl sites for hydroxylation is 5. The van der Waals surface area contributed by atoms with E-state index < -0.39 is 15.9 Å². The summed E-state index contributed by atoms with van der Waals surface area (Å²) in [6.45, 7) is 9.33. The lowest BCUT2D eigenvalue weighted by atomic mass is 10.1. The van der Waals surface area contributed by atoms with Crippen LogP contribution in [0.15, 0.2) is 65.8 Å². The number of aromatic nitrogens is 3. The molecule has 1 aromatic carbocycles. The molecule has 0 aliphatic heterocycles. The third kappa shape index (κ3) is 5.41. The van der Waals surface area contributed by atoms with E-state index in [1.54, 1.807) is 31.3 Å². The number of amides is 1. The quantitative estimate of drug-likeness (QED) is 0.395. The van der Waals surface area contributed by atoms with Gasteiger partial charge in [-0.1, -0.05) is 23.8 Å². The van der Waals surface area contributed by atoms with Crippen molar-refractivity contribution in [1.29, 1.82) is 0 Å². The van der Waals surface area contributed by atoms with Crippen LogP contribution in [0.1, 0.15) is 38.4 Å². The molecule has 36 heavy (non-hydrogen) atoms. The zero-order chi connectivity index (χ0) is 26.0. The number of pyridine rings is 3. The van der Waals surface area contributed by atoms with Crippen molar-refractivity contribution in [3.8, 4) is 22.9 Å². The predicted molar refractivity (Wildman–Crippen MR) is 137 cm³/mol. The minimum Gasteiger partial charge on any atom is -0.438 e. The van der Waals surface area contributed by atoms with E-state index in [0.717, 1.165) is 27.9 Å². The molecule has 0 saturated carbocycles. The lowest BCUT2D eigenvalue weighted by Crippen LogP contribution is -2.31. The summed E-state index contributed by atoms with van der Waals surface area (Å²) >= 11 is 0. The van der Waals surface area contributed by atoms with Crippen molar-refractivity contribution >= 4 is 15.9 Å². The first-order chi connectivity index (χ1) is 17.0. The Bertz CT molecular complexity index is 1540. The summed E-state index contributed by atoms with van der Waals surface area (Å²) < 4.78 is 33.9. The minimum absolute atomic E-state index is 0.0203. The molecule has 9 heteroatoms. The maximum absolute atomic E-state index is 13.2. The van der Waals surface area contributed by atoms with Crippen LogP contribution in [0.3, 0.4) is 0 Å². The van der Waals surface area contributed by atoms with Crippen LogP contribution < -0.4 is 9.46 Å². The standard InChI is InChI=1S/C27H26N4O4S/c1-16-13-17(2)25(18(3)14-16)35-27-22(11-12-23(30-27)21-10-9-19(4)28-15-21)26(32)31-36(33,34)24-8-6-7-20(5)29-24/h6-15H,1-5H3,(H,31,32). The van der Waals surface area contributed by atoms with Crippen LogP contribution in [-0.4, -0.2) is 29.3 Å². The number of nitrogens with zero attached hydrogens (tertiary/aromatic N) is 3.